The highest BCUT2D eigenvalue weighted by Crippen LogP contribution is 2.39. The number of thioether (sulfide) groups is 1. The molecule has 0 aliphatic carbocycles. The highest BCUT2D eigenvalue weighted by atomic mass is 35.5. The highest BCUT2D eigenvalue weighted by molar-refractivity contribution is 8.00. The van der Waals surface area contributed by atoms with Crippen LogP contribution in [0.5, 0.6) is 0 Å². The summed E-state index contributed by atoms with van der Waals surface area (Å²) in [5.74, 6) is 1.52. The molecule has 30 heavy (non-hydrogen) atoms. The maximum absolute atomic E-state index is 8.33. The van der Waals surface area contributed by atoms with Gasteiger partial charge in [0.15, 0.2) is 5.82 Å². The fraction of sp³-hybridized carbons (Fsp3) is 0.217. The number of amidine groups is 1. The van der Waals surface area contributed by atoms with E-state index in [0.717, 1.165) is 10.5 Å². The van der Waals surface area contributed by atoms with Gasteiger partial charge >= 0.3 is 0 Å². The van der Waals surface area contributed by atoms with E-state index < -0.39 is 0 Å². The van der Waals surface area contributed by atoms with Gasteiger partial charge in [0.2, 0.25) is 5.90 Å². The van der Waals surface area contributed by atoms with Crippen LogP contribution >= 0.6 is 23.4 Å². The number of likely N-dealkylation sites (N-methyl/N-ethyl adjacent to an activating group) is 1. The van der Waals surface area contributed by atoms with Crippen LogP contribution in [-0.4, -0.2) is 30.2 Å². The molecule has 0 saturated heterocycles. The lowest BCUT2D eigenvalue weighted by Crippen LogP contribution is -2.31. The van der Waals surface area contributed by atoms with E-state index in [9.17, 15) is 0 Å². The van der Waals surface area contributed by atoms with E-state index in [1.165, 1.54) is 11.1 Å². The topological polar surface area (TPSA) is 60.7 Å². The number of aryl methyl sites for hydroxylation is 2. The lowest BCUT2D eigenvalue weighted by atomic mass is 10.1. The molecule has 0 aromatic heterocycles. The summed E-state index contributed by atoms with van der Waals surface area (Å²) in [4.78, 5) is 13.5. The fourth-order valence-corrected chi connectivity index (χ4v) is 4.49. The monoisotopic (exact) mass is 438 g/mol. The molecule has 2 aliphatic heterocycles. The molecule has 2 heterocycles. The number of nitrogens with zero attached hydrogens (tertiary/aromatic N) is 2. The Hall–Kier alpha value is -2.70. The first-order valence-corrected chi connectivity index (χ1v) is 10.9. The van der Waals surface area contributed by atoms with Crippen LogP contribution in [0.2, 0.25) is 5.02 Å². The Morgan fingerprint density at radius 3 is 2.67 bits per heavy atom. The zero-order valence-corrected chi connectivity index (χ0v) is 18.6. The van der Waals surface area contributed by atoms with Crippen molar-refractivity contribution in [2.75, 3.05) is 13.6 Å². The van der Waals surface area contributed by atoms with Crippen molar-refractivity contribution in [3.05, 3.63) is 87.7 Å². The molecule has 0 spiro atoms. The first-order valence-electron chi connectivity index (χ1n) is 9.64. The molecule has 2 aliphatic rings. The lowest BCUT2D eigenvalue weighted by Gasteiger charge is -2.22. The summed E-state index contributed by atoms with van der Waals surface area (Å²) in [6.07, 6.45) is 3.92. The largest absolute Gasteiger partial charge is 0.363 e. The molecular weight excluding hydrogens is 416 g/mol. The van der Waals surface area contributed by atoms with Crippen LogP contribution in [0.3, 0.4) is 0 Å². The smallest absolute Gasteiger partial charge is 0.241 e. The number of aliphatic imine (C=N–C) groups is 1. The van der Waals surface area contributed by atoms with Crippen molar-refractivity contribution in [1.82, 2.24) is 10.4 Å². The average Bonchev–Trinajstić information content (AvgIpc) is 3.21. The zero-order valence-electron chi connectivity index (χ0n) is 17.1. The van der Waals surface area contributed by atoms with Gasteiger partial charge in [-0.05, 0) is 60.9 Å². The minimum absolute atomic E-state index is 0.158. The second-order valence-corrected chi connectivity index (χ2v) is 8.96. The highest BCUT2D eigenvalue weighted by Gasteiger charge is 2.29. The molecule has 0 fully saturated rings. The predicted molar refractivity (Wildman–Crippen MR) is 124 cm³/mol. The lowest BCUT2D eigenvalue weighted by molar-refractivity contribution is 0.231. The van der Waals surface area contributed by atoms with Crippen LogP contribution in [0, 0.1) is 19.3 Å². The van der Waals surface area contributed by atoms with Crippen LogP contribution in [0.25, 0.3) is 0 Å². The SMILES string of the molecule is Cc1ccc(SC(C2=NC(=C3C=CCN(C)C3=N)NO2)c2ccc(Cl)cc2)cc1C. The van der Waals surface area contributed by atoms with Crippen molar-refractivity contribution < 1.29 is 4.84 Å². The number of halogens is 1. The van der Waals surface area contributed by atoms with Crippen LogP contribution in [-0.2, 0) is 4.84 Å². The van der Waals surface area contributed by atoms with Gasteiger partial charge in [0.05, 0.1) is 5.57 Å². The van der Waals surface area contributed by atoms with Gasteiger partial charge in [-0.15, -0.1) is 11.8 Å². The van der Waals surface area contributed by atoms with Gasteiger partial charge in [-0.3, -0.25) is 5.41 Å². The van der Waals surface area contributed by atoms with E-state index >= 15 is 0 Å². The van der Waals surface area contributed by atoms with E-state index in [1.807, 2.05) is 48.4 Å². The number of hydrogen-bond donors (Lipinski definition) is 2. The van der Waals surface area contributed by atoms with E-state index in [4.69, 9.17) is 26.8 Å². The quantitative estimate of drug-likeness (QED) is 0.626. The zero-order chi connectivity index (χ0) is 21.3. The molecule has 2 aromatic rings. The average molecular weight is 439 g/mol. The van der Waals surface area contributed by atoms with Gasteiger partial charge in [-0.1, -0.05) is 35.9 Å². The summed E-state index contributed by atoms with van der Waals surface area (Å²) in [7, 11) is 1.89. The number of hydroxylamine groups is 1. The molecule has 2 N–H and O–H groups in total. The molecule has 154 valence electrons. The molecule has 7 heteroatoms. The van der Waals surface area contributed by atoms with Gasteiger partial charge < -0.3 is 9.74 Å². The standard InChI is InChI=1S/C23H23ClN4OS/c1-14-6-11-18(13-15(14)2)30-20(16-7-9-17(24)10-8-16)23-26-22(27-29-23)19-5-4-12-28(3)21(19)25/h4-11,13,20,25,27H,12H2,1-3H3. The van der Waals surface area contributed by atoms with Crippen molar-refractivity contribution in [2.45, 2.75) is 24.0 Å². The summed E-state index contributed by atoms with van der Waals surface area (Å²) in [6, 6.07) is 14.2. The molecule has 1 unspecified atom stereocenters. The van der Waals surface area contributed by atoms with E-state index in [-0.39, 0.29) is 5.25 Å². The molecule has 0 bridgehead atoms. The summed E-state index contributed by atoms with van der Waals surface area (Å²) >= 11 is 7.78. The Labute approximate surface area is 185 Å². The molecule has 2 aromatic carbocycles. The first-order chi connectivity index (χ1) is 14.4. The third kappa shape index (κ3) is 4.25. The summed E-state index contributed by atoms with van der Waals surface area (Å²) < 4.78 is 0. The van der Waals surface area contributed by atoms with E-state index in [1.54, 1.807) is 11.8 Å². The van der Waals surface area contributed by atoms with Gasteiger partial charge in [0.1, 0.15) is 11.1 Å². The summed E-state index contributed by atoms with van der Waals surface area (Å²) in [6.45, 7) is 4.93. The third-order valence-electron chi connectivity index (χ3n) is 5.16. The number of nitrogens with one attached hydrogen (secondary N) is 2. The number of benzene rings is 2. The van der Waals surface area contributed by atoms with Crippen molar-refractivity contribution in [3.63, 3.8) is 0 Å². The minimum Gasteiger partial charge on any atom is -0.363 e. The maximum atomic E-state index is 8.33. The van der Waals surface area contributed by atoms with E-state index in [0.29, 0.717) is 34.7 Å². The Bertz CT molecular complexity index is 1080. The summed E-state index contributed by atoms with van der Waals surface area (Å²) in [5, 5.41) is 8.86. The molecule has 5 nitrogen and oxygen atoms in total. The Morgan fingerprint density at radius 1 is 1.17 bits per heavy atom. The van der Waals surface area contributed by atoms with Gasteiger partial charge in [0, 0.05) is 23.5 Å². The van der Waals surface area contributed by atoms with Crippen LogP contribution in [0.15, 0.2) is 75.9 Å². The van der Waals surface area contributed by atoms with Gasteiger partial charge in [0.25, 0.3) is 0 Å². The molecule has 1 atom stereocenters. The van der Waals surface area contributed by atoms with Crippen LogP contribution in [0.4, 0.5) is 0 Å². The second-order valence-electron chi connectivity index (χ2n) is 7.34. The van der Waals surface area contributed by atoms with Crippen molar-refractivity contribution in [1.29, 1.82) is 5.41 Å². The van der Waals surface area contributed by atoms with Crippen molar-refractivity contribution >= 4 is 35.1 Å². The second kappa shape index (κ2) is 8.58. The third-order valence-corrected chi connectivity index (χ3v) is 6.65. The van der Waals surface area contributed by atoms with Crippen molar-refractivity contribution in [2.24, 2.45) is 4.99 Å². The Balaban J connectivity index is 1.71. The number of hydrogen-bond acceptors (Lipinski definition) is 5. The molecular formula is C23H23ClN4OS. The normalized spacial score (nSPS) is 19.4. The Kier molecular flexibility index (Phi) is 5.88. The van der Waals surface area contributed by atoms with Gasteiger partial charge in [-0.2, -0.15) is 4.99 Å². The minimum atomic E-state index is -0.158. The Morgan fingerprint density at radius 2 is 1.93 bits per heavy atom. The number of rotatable bonds is 4. The summed E-state index contributed by atoms with van der Waals surface area (Å²) in [5.41, 5.74) is 7.17. The first kappa shape index (κ1) is 20.6. The van der Waals surface area contributed by atoms with Crippen LogP contribution in [0.1, 0.15) is 21.9 Å². The van der Waals surface area contributed by atoms with E-state index in [2.05, 4.69) is 37.5 Å². The predicted octanol–water partition coefficient (Wildman–Crippen LogP) is 5.41. The fourth-order valence-electron chi connectivity index (χ4n) is 3.20. The maximum Gasteiger partial charge on any atom is 0.241 e. The molecule has 0 radical (unpaired) electrons. The van der Waals surface area contributed by atoms with Crippen LogP contribution < -0.4 is 5.48 Å². The molecule has 0 saturated carbocycles. The van der Waals surface area contributed by atoms with Gasteiger partial charge in [-0.25, -0.2) is 5.48 Å². The molecule has 0 amide bonds. The van der Waals surface area contributed by atoms with Crippen molar-refractivity contribution in [3.8, 4) is 0 Å². The molecule has 4 rings (SSSR count).